The zero-order valence-corrected chi connectivity index (χ0v) is 15.6. The summed E-state index contributed by atoms with van der Waals surface area (Å²) in [6.07, 6.45) is 3.01. The molecule has 0 saturated carbocycles. The van der Waals surface area contributed by atoms with E-state index in [9.17, 15) is 9.59 Å². The van der Waals surface area contributed by atoms with Crippen LogP contribution in [0.5, 0.6) is 0 Å². The molecule has 1 saturated heterocycles. The molecule has 4 rings (SSSR count). The summed E-state index contributed by atoms with van der Waals surface area (Å²) >= 11 is 0. The lowest BCUT2D eigenvalue weighted by Crippen LogP contribution is -2.39. The third-order valence-electron chi connectivity index (χ3n) is 5.07. The van der Waals surface area contributed by atoms with Gasteiger partial charge in [0.15, 0.2) is 0 Å². The van der Waals surface area contributed by atoms with Crippen molar-refractivity contribution in [2.45, 2.75) is 32.7 Å². The zero-order chi connectivity index (χ0) is 19.0. The van der Waals surface area contributed by atoms with Crippen LogP contribution >= 0.6 is 0 Å². The fourth-order valence-corrected chi connectivity index (χ4v) is 3.86. The lowest BCUT2D eigenvalue weighted by atomic mass is 10.1. The number of carbonyl (C=O) groups excluding carboxylic acids is 2. The van der Waals surface area contributed by atoms with Crippen molar-refractivity contribution < 1.29 is 9.59 Å². The van der Waals surface area contributed by atoms with Crippen molar-refractivity contribution in [2.75, 3.05) is 11.4 Å². The van der Waals surface area contributed by atoms with Crippen molar-refractivity contribution in [3.05, 3.63) is 65.4 Å². The van der Waals surface area contributed by atoms with E-state index in [1.54, 1.807) is 0 Å². The van der Waals surface area contributed by atoms with Crippen LogP contribution in [0.2, 0.25) is 0 Å². The molecule has 1 aliphatic rings. The first-order valence-electron chi connectivity index (χ1n) is 9.26. The first-order chi connectivity index (χ1) is 13.0. The van der Waals surface area contributed by atoms with Gasteiger partial charge in [0.05, 0.1) is 18.2 Å². The molecule has 5 heteroatoms. The molecule has 0 radical (unpaired) electrons. The molecule has 0 aliphatic carbocycles. The molecule has 0 unspecified atom stereocenters. The average Bonchev–Trinajstić information content (AvgIpc) is 3.15. The molecule has 0 bridgehead atoms. The summed E-state index contributed by atoms with van der Waals surface area (Å²) in [5, 5.41) is 4.47. The maximum Gasteiger partial charge on any atom is 0.251 e. The van der Waals surface area contributed by atoms with E-state index in [0.717, 1.165) is 23.1 Å². The van der Waals surface area contributed by atoms with E-state index in [-0.39, 0.29) is 18.2 Å². The lowest BCUT2D eigenvalue weighted by molar-refractivity contribution is -0.121. The number of aryl methyl sites for hydroxylation is 2. The van der Waals surface area contributed by atoms with Gasteiger partial charge >= 0.3 is 0 Å². The zero-order valence-electron chi connectivity index (χ0n) is 15.6. The summed E-state index contributed by atoms with van der Waals surface area (Å²) in [7, 11) is 0. The molecule has 0 spiro atoms. The Kier molecular flexibility index (Phi) is 4.54. The van der Waals surface area contributed by atoms with Crippen LogP contribution in [0.1, 0.15) is 23.1 Å². The number of hydrogen-bond donors (Lipinski definition) is 2. The van der Waals surface area contributed by atoms with Crippen LogP contribution in [-0.2, 0) is 16.0 Å². The second-order valence-electron chi connectivity index (χ2n) is 7.23. The quantitative estimate of drug-likeness (QED) is 0.686. The fraction of sp³-hybridized carbons (Fsp3) is 0.273. The third kappa shape index (κ3) is 3.38. The highest BCUT2D eigenvalue weighted by atomic mass is 16.2. The monoisotopic (exact) mass is 361 g/mol. The highest BCUT2D eigenvalue weighted by molar-refractivity contribution is 6.22. The Morgan fingerprint density at radius 2 is 1.85 bits per heavy atom. The predicted octanol–water partition coefficient (Wildman–Crippen LogP) is 3.25. The number of para-hydroxylation sites is 1. The molecule has 27 heavy (non-hydrogen) atoms. The molecule has 3 aromatic rings. The third-order valence-corrected chi connectivity index (χ3v) is 5.07. The van der Waals surface area contributed by atoms with Gasteiger partial charge in [-0.2, -0.15) is 0 Å². The van der Waals surface area contributed by atoms with E-state index in [2.05, 4.69) is 16.4 Å². The molecule has 2 amide bonds. The van der Waals surface area contributed by atoms with Crippen LogP contribution < -0.4 is 10.2 Å². The number of aromatic amines is 1. The summed E-state index contributed by atoms with van der Waals surface area (Å²) in [6, 6.07) is 13.5. The number of amides is 2. The number of rotatable bonds is 5. The Bertz CT molecular complexity index is 1000. The summed E-state index contributed by atoms with van der Waals surface area (Å²) in [4.78, 5) is 29.8. The molecule has 1 aromatic heterocycles. The lowest BCUT2D eigenvalue weighted by Gasteiger charge is -2.17. The Morgan fingerprint density at radius 3 is 2.63 bits per heavy atom. The van der Waals surface area contributed by atoms with Gasteiger partial charge in [0, 0.05) is 23.6 Å². The molecule has 138 valence electrons. The van der Waals surface area contributed by atoms with Crippen LogP contribution in [0.4, 0.5) is 5.69 Å². The van der Waals surface area contributed by atoms with Gasteiger partial charge in [0.1, 0.15) is 0 Å². The van der Waals surface area contributed by atoms with Crippen molar-refractivity contribution in [3.8, 4) is 0 Å². The van der Waals surface area contributed by atoms with Gasteiger partial charge < -0.3 is 10.3 Å². The Labute approximate surface area is 158 Å². The second kappa shape index (κ2) is 7.00. The van der Waals surface area contributed by atoms with Crippen molar-refractivity contribution in [2.24, 2.45) is 0 Å². The van der Waals surface area contributed by atoms with E-state index >= 15 is 0 Å². The summed E-state index contributed by atoms with van der Waals surface area (Å²) in [5.74, 6) is -0.307. The second-order valence-corrected chi connectivity index (χ2v) is 7.23. The average molecular weight is 361 g/mol. The minimum Gasteiger partial charge on any atom is -0.361 e. The van der Waals surface area contributed by atoms with Gasteiger partial charge in [0.2, 0.25) is 5.91 Å². The van der Waals surface area contributed by atoms with Crippen LogP contribution in [-0.4, -0.2) is 29.4 Å². The van der Waals surface area contributed by atoms with Crippen molar-refractivity contribution in [1.29, 1.82) is 0 Å². The fourth-order valence-electron chi connectivity index (χ4n) is 3.86. The molecule has 1 atom stereocenters. The van der Waals surface area contributed by atoms with Gasteiger partial charge in [0.25, 0.3) is 5.91 Å². The predicted molar refractivity (Wildman–Crippen MR) is 107 cm³/mol. The largest absolute Gasteiger partial charge is 0.361 e. The normalized spacial score (nSPS) is 17.3. The minimum absolute atomic E-state index is 0.144. The van der Waals surface area contributed by atoms with Crippen molar-refractivity contribution >= 4 is 28.4 Å². The summed E-state index contributed by atoms with van der Waals surface area (Å²) in [6.45, 7) is 4.59. The van der Waals surface area contributed by atoms with Gasteiger partial charge in [-0.15, -0.1) is 0 Å². The number of H-pyrrole nitrogens is 1. The number of anilines is 1. The number of fused-ring (bicyclic) bond motifs is 1. The molecule has 1 aliphatic heterocycles. The molecular formula is C22H23N3O2. The van der Waals surface area contributed by atoms with E-state index in [1.165, 1.54) is 15.8 Å². The van der Waals surface area contributed by atoms with Crippen molar-refractivity contribution in [1.82, 2.24) is 10.3 Å². The number of benzene rings is 2. The highest BCUT2D eigenvalue weighted by Gasteiger charge is 2.39. The molecule has 2 aromatic carbocycles. The number of hydrogen-bond acceptors (Lipinski definition) is 3. The number of nitrogens with one attached hydrogen (secondary N) is 2. The van der Waals surface area contributed by atoms with Gasteiger partial charge in [-0.25, -0.2) is 4.90 Å². The number of aromatic nitrogens is 1. The maximum absolute atomic E-state index is 12.8. The van der Waals surface area contributed by atoms with Gasteiger partial charge in [-0.05, 0) is 55.2 Å². The molecule has 2 N–H and O–H groups in total. The Morgan fingerprint density at radius 1 is 1.11 bits per heavy atom. The standard InChI is InChI=1S/C22H23N3O2/c1-14-9-15(2)11-17(10-14)25-21(26)12-20(22(25)27)23-8-7-16-13-24-19-6-4-3-5-18(16)19/h3-6,9-11,13,20,23-24H,7-8,12H2,1-2H3/t20-/m1/s1. The van der Waals surface area contributed by atoms with Crippen LogP contribution in [0.25, 0.3) is 10.9 Å². The van der Waals surface area contributed by atoms with Crippen molar-refractivity contribution in [3.63, 3.8) is 0 Å². The van der Waals surface area contributed by atoms with Crippen LogP contribution in [0, 0.1) is 13.8 Å². The first-order valence-corrected chi connectivity index (χ1v) is 9.26. The molecule has 5 nitrogen and oxygen atoms in total. The Hall–Kier alpha value is -2.92. The topological polar surface area (TPSA) is 65.2 Å². The molecule has 1 fully saturated rings. The molecule has 2 heterocycles. The highest BCUT2D eigenvalue weighted by Crippen LogP contribution is 2.25. The number of nitrogens with zero attached hydrogens (tertiary/aromatic N) is 1. The van der Waals surface area contributed by atoms with E-state index < -0.39 is 6.04 Å². The first kappa shape index (κ1) is 17.5. The van der Waals surface area contributed by atoms with Gasteiger partial charge in [-0.1, -0.05) is 24.3 Å². The van der Waals surface area contributed by atoms with Crippen LogP contribution in [0.15, 0.2) is 48.7 Å². The van der Waals surface area contributed by atoms with Crippen LogP contribution in [0.3, 0.4) is 0 Å². The maximum atomic E-state index is 12.8. The number of imide groups is 1. The van der Waals surface area contributed by atoms with Gasteiger partial charge in [-0.3, -0.25) is 9.59 Å². The van der Waals surface area contributed by atoms with E-state index in [4.69, 9.17) is 0 Å². The minimum atomic E-state index is -0.455. The SMILES string of the molecule is Cc1cc(C)cc(N2C(=O)C[C@@H](NCCc3c[nH]c4ccccc34)C2=O)c1. The Balaban J connectivity index is 1.43. The summed E-state index contributed by atoms with van der Waals surface area (Å²) in [5.41, 5.74) is 5.08. The number of carbonyl (C=O) groups is 2. The van der Waals surface area contributed by atoms with E-state index in [0.29, 0.717) is 12.2 Å². The smallest absolute Gasteiger partial charge is 0.251 e. The molecular weight excluding hydrogens is 338 g/mol. The summed E-state index contributed by atoms with van der Waals surface area (Å²) < 4.78 is 0. The van der Waals surface area contributed by atoms with E-state index in [1.807, 2.05) is 56.4 Å².